The summed E-state index contributed by atoms with van der Waals surface area (Å²) in [5.74, 6) is -0.0821. The zero-order chi connectivity index (χ0) is 29.6. The van der Waals surface area contributed by atoms with E-state index in [0.29, 0.717) is 73.1 Å². The number of carbonyl (C=O) groups is 3. The molecule has 2 aliphatic rings. The van der Waals surface area contributed by atoms with Gasteiger partial charge in [0.15, 0.2) is 11.5 Å². The van der Waals surface area contributed by atoms with Crippen LogP contribution in [0.25, 0.3) is 0 Å². The SMILES string of the molecule is COc1ccc(C(=O)Nc2cc(C(=O)N3CCNCC3)ccc2N2CCN(C(=O)c3ccc(F)cc3)CC2)cc1OC. The van der Waals surface area contributed by atoms with E-state index in [1.807, 2.05) is 6.07 Å². The highest BCUT2D eigenvalue weighted by molar-refractivity contribution is 6.07. The summed E-state index contributed by atoms with van der Waals surface area (Å²) in [4.78, 5) is 45.3. The molecule has 2 N–H and O–H groups in total. The largest absolute Gasteiger partial charge is 0.493 e. The lowest BCUT2D eigenvalue weighted by Crippen LogP contribution is -2.49. The predicted molar refractivity (Wildman–Crippen MR) is 157 cm³/mol. The predicted octanol–water partition coefficient (Wildman–Crippen LogP) is 3.10. The fraction of sp³-hybridized carbons (Fsp3) is 0.323. The second kappa shape index (κ2) is 12.9. The van der Waals surface area contributed by atoms with Crippen molar-refractivity contribution < 1.29 is 28.2 Å². The minimum absolute atomic E-state index is 0.0978. The summed E-state index contributed by atoms with van der Waals surface area (Å²) in [6.45, 7) is 4.59. The van der Waals surface area contributed by atoms with Gasteiger partial charge in [0.05, 0.1) is 25.6 Å². The zero-order valence-electron chi connectivity index (χ0n) is 23.7. The highest BCUT2D eigenvalue weighted by atomic mass is 19.1. The third kappa shape index (κ3) is 6.31. The van der Waals surface area contributed by atoms with Crippen LogP contribution >= 0.6 is 0 Å². The monoisotopic (exact) mass is 575 g/mol. The number of nitrogens with zero attached hydrogens (tertiary/aromatic N) is 3. The number of halogens is 1. The fourth-order valence-electron chi connectivity index (χ4n) is 5.19. The van der Waals surface area contributed by atoms with Crippen molar-refractivity contribution in [2.45, 2.75) is 0 Å². The van der Waals surface area contributed by atoms with E-state index in [0.717, 1.165) is 18.8 Å². The first-order valence-corrected chi connectivity index (χ1v) is 13.8. The number of piperazine rings is 2. The molecule has 3 aromatic rings. The third-order valence-electron chi connectivity index (χ3n) is 7.54. The first kappa shape index (κ1) is 28.9. The Balaban J connectivity index is 1.38. The third-order valence-corrected chi connectivity index (χ3v) is 7.54. The number of hydrogen-bond acceptors (Lipinski definition) is 7. The van der Waals surface area contributed by atoms with Crippen LogP contribution in [0, 0.1) is 5.82 Å². The summed E-state index contributed by atoms with van der Waals surface area (Å²) in [6, 6.07) is 15.8. The van der Waals surface area contributed by atoms with Gasteiger partial charge < -0.3 is 34.8 Å². The van der Waals surface area contributed by atoms with Crippen molar-refractivity contribution >= 4 is 29.1 Å². The molecule has 0 bridgehead atoms. The van der Waals surface area contributed by atoms with E-state index in [9.17, 15) is 18.8 Å². The van der Waals surface area contributed by atoms with Gasteiger partial charge in [-0.25, -0.2) is 4.39 Å². The maximum atomic E-state index is 13.4. The van der Waals surface area contributed by atoms with Crippen molar-refractivity contribution in [3.63, 3.8) is 0 Å². The number of rotatable bonds is 7. The maximum absolute atomic E-state index is 13.4. The Morgan fingerprint density at radius 2 is 1.31 bits per heavy atom. The van der Waals surface area contributed by atoms with E-state index in [1.165, 1.54) is 38.5 Å². The van der Waals surface area contributed by atoms with Gasteiger partial charge >= 0.3 is 0 Å². The van der Waals surface area contributed by atoms with Crippen LogP contribution in [0.3, 0.4) is 0 Å². The van der Waals surface area contributed by atoms with Crippen molar-refractivity contribution in [3.8, 4) is 11.5 Å². The van der Waals surface area contributed by atoms with Gasteiger partial charge in [-0.15, -0.1) is 0 Å². The quantitative estimate of drug-likeness (QED) is 0.446. The van der Waals surface area contributed by atoms with Crippen LogP contribution in [0.2, 0.25) is 0 Å². The molecule has 0 aromatic heterocycles. The average molecular weight is 576 g/mol. The van der Waals surface area contributed by atoms with Crippen LogP contribution in [-0.4, -0.2) is 94.1 Å². The van der Waals surface area contributed by atoms with E-state index in [4.69, 9.17) is 9.47 Å². The molecule has 2 saturated heterocycles. The summed E-state index contributed by atoms with van der Waals surface area (Å²) >= 11 is 0. The maximum Gasteiger partial charge on any atom is 0.255 e. The Kier molecular flexibility index (Phi) is 8.87. The van der Waals surface area contributed by atoms with Crippen molar-refractivity contribution in [3.05, 3.63) is 83.2 Å². The second-order valence-electron chi connectivity index (χ2n) is 10.1. The molecule has 42 heavy (non-hydrogen) atoms. The molecule has 220 valence electrons. The normalized spacial score (nSPS) is 15.3. The molecular formula is C31H34FN5O5. The number of benzene rings is 3. The van der Waals surface area contributed by atoms with Gasteiger partial charge in [0.25, 0.3) is 17.7 Å². The molecule has 0 spiro atoms. The van der Waals surface area contributed by atoms with Crippen LogP contribution in [0.4, 0.5) is 15.8 Å². The zero-order valence-corrected chi connectivity index (χ0v) is 23.7. The molecule has 5 rings (SSSR count). The highest BCUT2D eigenvalue weighted by Gasteiger charge is 2.26. The van der Waals surface area contributed by atoms with Crippen molar-refractivity contribution in [2.75, 3.05) is 76.8 Å². The Bertz CT molecular complexity index is 1450. The van der Waals surface area contributed by atoms with Crippen LogP contribution < -0.4 is 25.0 Å². The Morgan fingerprint density at radius 3 is 1.98 bits per heavy atom. The minimum atomic E-state index is -0.391. The molecule has 2 aliphatic heterocycles. The molecule has 2 fully saturated rings. The summed E-state index contributed by atoms with van der Waals surface area (Å²) < 4.78 is 24.0. The van der Waals surface area contributed by atoms with E-state index < -0.39 is 5.82 Å². The number of methoxy groups -OCH3 is 2. The van der Waals surface area contributed by atoms with Gasteiger partial charge in [0, 0.05) is 69.0 Å². The molecule has 0 aliphatic carbocycles. The van der Waals surface area contributed by atoms with Crippen molar-refractivity contribution in [1.82, 2.24) is 15.1 Å². The van der Waals surface area contributed by atoms with Crippen LogP contribution in [0.15, 0.2) is 60.7 Å². The first-order chi connectivity index (χ1) is 20.4. The Morgan fingerprint density at radius 1 is 0.714 bits per heavy atom. The molecule has 0 saturated carbocycles. The summed E-state index contributed by atoms with van der Waals surface area (Å²) in [7, 11) is 3.03. The smallest absolute Gasteiger partial charge is 0.255 e. The molecule has 3 aromatic carbocycles. The summed E-state index contributed by atoms with van der Waals surface area (Å²) in [5, 5.41) is 6.25. The number of hydrogen-bond donors (Lipinski definition) is 2. The first-order valence-electron chi connectivity index (χ1n) is 13.8. The van der Waals surface area contributed by atoms with Crippen LogP contribution in [0.1, 0.15) is 31.1 Å². The van der Waals surface area contributed by atoms with Gasteiger partial charge in [-0.05, 0) is 60.7 Å². The lowest BCUT2D eigenvalue weighted by atomic mass is 10.1. The lowest BCUT2D eigenvalue weighted by molar-refractivity contribution is 0.0731. The van der Waals surface area contributed by atoms with Crippen molar-refractivity contribution in [1.29, 1.82) is 0 Å². The number of amides is 3. The van der Waals surface area contributed by atoms with E-state index >= 15 is 0 Å². The number of ether oxygens (including phenoxy) is 2. The molecular weight excluding hydrogens is 541 g/mol. The Labute approximate surface area is 244 Å². The van der Waals surface area contributed by atoms with Gasteiger partial charge in [-0.2, -0.15) is 0 Å². The molecule has 0 unspecified atom stereocenters. The van der Waals surface area contributed by atoms with Crippen molar-refractivity contribution in [2.24, 2.45) is 0 Å². The van der Waals surface area contributed by atoms with Gasteiger partial charge in [-0.1, -0.05) is 0 Å². The average Bonchev–Trinajstić information content (AvgIpc) is 3.04. The fourth-order valence-corrected chi connectivity index (χ4v) is 5.19. The molecule has 10 nitrogen and oxygen atoms in total. The molecule has 2 heterocycles. The molecule has 3 amide bonds. The number of carbonyl (C=O) groups excluding carboxylic acids is 3. The number of anilines is 2. The van der Waals surface area contributed by atoms with Gasteiger partial charge in [0.1, 0.15) is 5.82 Å². The molecule has 11 heteroatoms. The molecule has 0 atom stereocenters. The van der Waals surface area contributed by atoms with Crippen LogP contribution in [-0.2, 0) is 0 Å². The Hall–Kier alpha value is -4.64. The topological polar surface area (TPSA) is 103 Å². The van der Waals surface area contributed by atoms with Gasteiger partial charge in [0.2, 0.25) is 0 Å². The minimum Gasteiger partial charge on any atom is -0.493 e. The second-order valence-corrected chi connectivity index (χ2v) is 10.1. The summed E-state index contributed by atoms with van der Waals surface area (Å²) in [6.07, 6.45) is 0. The van der Waals surface area contributed by atoms with E-state index in [1.54, 1.807) is 40.1 Å². The van der Waals surface area contributed by atoms with E-state index in [-0.39, 0.29) is 17.7 Å². The highest BCUT2D eigenvalue weighted by Crippen LogP contribution is 2.32. The lowest BCUT2D eigenvalue weighted by Gasteiger charge is -2.37. The molecule has 0 radical (unpaired) electrons. The van der Waals surface area contributed by atoms with E-state index in [2.05, 4.69) is 15.5 Å². The summed E-state index contributed by atoms with van der Waals surface area (Å²) in [5.41, 5.74) is 2.52. The number of nitrogens with one attached hydrogen (secondary N) is 2. The van der Waals surface area contributed by atoms with Crippen LogP contribution in [0.5, 0.6) is 11.5 Å². The standard InChI is InChI=1S/C31H34FN5O5/c1-41-27-10-6-22(20-28(27)42-2)29(38)34-25-19-23(31(40)36-13-11-33-12-14-36)5-9-26(25)35-15-17-37(18-16-35)30(39)21-3-7-24(32)8-4-21/h3-10,19-20,33H,11-18H2,1-2H3,(H,34,38). The van der Waals surface area contributed by atoms with Gasteiger partial charge in [-0.3, -0.25) is 14.4 Å².